The van der Waals surface area contributed by atoms with E-state index in [2.05, 4.69) is 91.9 Å². The molecule has 0 saturated heterocycles. The van der Waals surface area contributed by atoms with Gasteiger partial charge in [-0.25, -0.2) is 0 Å². The lowest BCUT2D eigenvalue weighted by atomic mass is 10.0. The van der Waals surface area contributed by atoms with E-state index in [4.69, 9.17) is 0 Å². The molecule has 0 bridgehead atoms. The van der Waals surface area contributed by atoms with E-state index in [-0.39, 0.29) is 0 Å². The Labute approximate surface area is 208 Å². The molecule has 0 atom stereocenters. The number of rotatable bonds is 15. The first kappa shape index (κ1) is 26.3. The monoisotopic (exact) mass is 462 g/mol. The Balaban J connectivity index is 1.62. The van der Waals surface area contributed by atoms with E-state index < -0.39 is 0 Å². The molecular weight excluding hydrogens is 414 g/mol. The number of anilines is 2. The van der Waals surface area contributed by atoms with Crippen LogP contribution in [0.5, 0.6) is 0 Å². The van der Waals surface area contributed by atoms with Crippen molar-refractivity contribution in [2.24, 2.45) is 0 Å². The zero-order chi connectivity index (χ0) is 24.3. The highest BCUT2D eigenvalue weighted by atomic mass is 15.1. The second kappa shape index (κ2) is 13.6. The van der Waals surface area contributed by atoms with E-state index in [1.54, 1.807) is 0 Å². The summed E-state index contributed by atoms with van der Waals surface area (Å²) in [4.78, 5) is 4.40. The molecule has 0 unspecified atom stereocenters. The smallest absolute Gasteiger partial charge is 0.215 e. The molecule has 3 heteroatoms. The van der Waals surface area contributed by atoms with Gasteiger partial charge in [0.05, 0.1) is 0 Å². The molecular formula is C31H48N3+. The van der Waals surface area contributed by atoms with Crippen molar-refractivity contribution in [3.05, 3.63) is 42.5 Å². The van der Waals surface area contributed by atoms with E-state index >= 15 is 0 Å². The van der Waals surface area contributed by atoms with Crippen LogP contribution in [-0.2, 0) is 6.54 Å². The van der Waals surface area contributed by atoms with Crippen LogP contribution in [0, 0.1) is 0 Å². The van der Waals surface area contributed by atoms with Gasteiger partial charge >= 0.3 is 0 Å². The summed E-state index contributed by atoms with van der Waals surface area (Å²) >= 11 is 0. The van der Waals surface area contributed by atoms with Crippen molar-refractivity contribution in [3.63, 3.8) is 0 Å². The average molecular weight is 463 g/mol. The predicted molar refractivity (Wildman–Crippen MR) is 151 cm³/mol. The Morgan fingerprint density at radius 2 is 0.941 bits per heavy atom. The number of pyridine rings is 1. The molecule has 0 fully saturated rings. The third-order valence-electron chi connectivity index (χ3n) is 7.19. The minimum atomic E-state index is 1.08. The van der Waals surface area contributed by atoms with Gasteiger partial charge in [-0.15, -0.1) is 0 Å². The van der Waals surface area contributed by atoms with Gasteiger partial charge in [-0.2, -0.15) is 4.57 Å². The summed E-state index contributed by atoms with van der Waals surface area (Å²) in [7, 11) is 8.51. The van der Waals surface area contributed by atoms with Gasteiger partial charge in [0.15, 0.2) is 0 Å². The summed E-state index contributed by atoms with van der Waals surface area (Å²) in [5, 5.41) is 2.66. The van der Waals surface area contributed by atoms with E-state index in [1.165, 1.54) is 110 Å². The maximum Gasteiger partial charge on any atom is 0.215 e. The third kappa shape index (κ3) is 7.35. The lowest BCUT2D eigenvalue weighted by molar-refractivity contribution is -0.645. The molecule has 0 N–H and O–H groups in total. The number of hydrogen-bond acceptors (Lipinski definition) is 2. The molecule has 3 rings (SSSR count). The molecule has 0 aliphatic carbocycles. The van der Waals surface area contributed by atoms with Crippen molar-refractivity contribution in [2.45, 2.75) is 90.5 Å². The molecule has 1 aromatic heterocycles. The van der Waals surface area contributed by atoms with Gasteiger partial charge in [0.2, 0.25) is 11.0 Å². The molecule has 3 nitrogen and oxygen atoms in total. The second-order valence-corrected chi connectivity index (χ2v) is 10.5. The van der Waals surface area contributed by atoms with E-state index in [9.17, 15) is 0 Å². The van der Waals surface area contributed by atoms with E-state index in [0.717, 1.165) is 6.54 Å². The predicted octanol–water partition coefficient (Wildman–Crippen LogP) is 8.11. The van der Waals surface area contributed by atoms with Gasteiger partial charge in [-0.3, -0.25) is 0 Å². The number of hydrogen-bond donors (Lipinski definition) is 0. The Bertz CT molecular complexity index is 956. The van der Waals surface area contributed by atoms with Crippen LogP contribution in [0.15, 0.2) is 42.5 Å². The number of unbranched alkanes of at least 4 members (excludes halogenated alkanes) is 11. The van der Waals surface area contributed by atoms with Gasteiger partial charge in [-0.1, -0.05) is 71.1 Å². The van der Waals surface area contributed by atoms with E-state index in [1.807, 2.05) is 0 Å². The quantitative estimate of drug-likeness (QED) is 0.128. The van der Waals surface area contributed by atoms with Gasteiger partial charge < -0.3 is 9.80 Å². The fourth-order valence-electron chi connectivity index (χ4n) is 4.98. The van der Waals surface area contributed by atoms with Crippen LogP contribution in [-0.4, -0.2) is 28.2 Å². The number of aromatic nitrogens is 1. The first-order valence-corrected chi connectivity index (χ1v) is 13.8. The van der Waals surface area contributed by atoms with Gasteiger partial charge in [0.25, 0.3) is 0 Å². The van der Waals surface area contributed by atoms with Crippen LogP contribution in [0.1, 0.15) is 84.0 Å². The zero-order valence-electron chi connectivity index (χ0n) is 22.6. The standard InChI is InChI=1S/C31H48N3/c1-6-7-8-9-10-11-12-13-14-15-16-17-22-34-30-24-28(32(2)3)20-18-26(30)23-27-19-21-29(33(4)5)25-31(27)34/h18-21,23-25H,6-17,22H2,1-5H3/q+1. The zero-order valence-corrected chi connectivity index (χ0v) is 22.6. The second-order valence-electron chi connectivity index (χ2n) is 10.5. The van der Waals surface area contributed by atoms with Crippen molar-refractivity contribution in [3.8, 4) is 0 Å². The SMILES string of the molecule is CCCCCCCCCCCCCC[n+]1c2cc(N(C)C)ccc2cc2ccc(N(C)C)cc21. The van der Waals surface area contributed by atoms with Crippen LogP contribution in [0.3, 0.4) is 0 Å². The van der Waals surface area contributed by atoms with Crippen molar-refractivity contribution in [1.29, 1.82) is 0 Å². The molecule has 0 radical (unpaired) electrons. The molecule has 186 valence electrons. The summed E-state index contributed by atoms with van der Waals surface area (Å²) in [5.41, 5.74) is 5.22. The lowest BCUT2D eigenvalue weighted by Gasteiger charge is -2.15. The normalized spacial score (nSPS) is 11.4. The molecule has 0 aliphatic rings. The maximum atomic E-state index is 2.57. The van der Waals surface area contributed by atoms with Gasteiger partial charge in [-0.05, 0) is 36.8 Å². The van der Waals surface area contributed by atoms with Crippen LogP contribution < -0.4 is 14.4 Å². The number of benzene rings is 2. The van der Waals surface area contributed by atoms with E-state index in [0.29, 0.717) is 0 Å². The number of nitrogens with zero attached hydrogens (tertiary/aromatic N) is 3. The molecule has 0 aliphatic heterocycles. The van der Waals surface area contributed by atoms with Crippen LogP contribution in [0.25, 0.3) is 21.8 Å². The largest absolute Gasteiger partial charge is 0.377 e. The molecule has 34 heavy (non-hydrogen) atoms. The number of aryl methyl sites for hydroxylation is 1. The summed E-state index contributed by atoms with van der Waals surface area (Å²) in [5.74, 6) is 0. The Kier molecular flexibility index (Phi) is 10.5. The Morgan fingerprint density at radius 3 is 1.35 bits per heavy atom. The topological polar surface area (TPSA) is 10.4 Å². The van der Waals surface area contributed by atoms with Crippen molar-refractivity contribution < 1.29 is 4.57 Å². The summed E-state index contributed by atoms with van der Waals surface area (Å²) < 4.78 is 2.57. The first-order chi connectivity index (χ1) is 16.5. The highest BCUT2D eigenvalue weighted by Gasteiger charge is 2.17. The first-order valence-electron chi connectivity index (χ1n) is 13.8. The van der Waals surface area contributed by atoms with Gasteiger partial charge in [0, 0.05) is 68.9 Å². The van der Waals surface area contributed by atoms with Crippen LogP contribution >= 0.6 is 0 Å². The fraction of sp³-hybridized carbons (Fsp3) is 0.581. The summed E-state index contributed by atoms with van der Waals surface area (Å²) in [6.07, 6.45) is 16.7. The highest BCUT2D eigenvalue weighted by Crippen LogP contribution is 2.25. The van der Waals surface area contributed by atoms with Crippen LogP contribution in [0.2, 0.25) is 0 Å². The fourth-order valence-corrected chi connectivity index (χ4v) is 4.98. The summed E-state index contributed by atoms with van der Waals surface area (Å²) in [6.45, 7) is 3.38. The number of fused-ring (bicyclic) bond motifs is 2. The Hall–Kier alpha value is -2.29. The lowest BCUT2D eigenvalue weighted by Crippen LogP contribution is -2.36. The molecule has 2 aromatic carbocycles. The van der Waals surface area contributed by atoms with Crippen molar-refractivity contribution in [2.75, 3.05) is 38.0 Å². The molecule has 0 spiro atoms. The Morgan fingerprint density at radius 1 is 0.529 bits per heavy atom. The highest BCUT2D eigenvalue weighted by molar-refractivity contribution is 5.91. The van der Waals surface area contributed by atoms with Crippen LogP contribution in [0.4, 0.5) is 11.4 Å². The van der Waals surface area contributed by atoms with Gasteiger partial charge in [0.1, 0.15) is 6.54 Å². The average Bonchev–Trinajstić information content (AvgIpc) is 2.83. The van der Waals surface area contributed by atoms with Crippen molar-refractivity contribution >= 4 is 33.2 Å². The molecule has 0 amide bonds. The third-order valence-corrected chi connectivity index (χ3v) is 7.19. The maximum absolute atomic E-state index is 2.57. The molecule has 0 saturated carbocycles. The molecule has 1 heterocycles. The minimum Gasteiger partial charge on any atom is -0.377 e. The summed E-state index contributed by atoms with van der Waals surface area (Å²) in [6, 6.07) is 16.1. The van der Waals surface area contributed by atoms with Crippen molar-refractivity contribution in [1.82, 2.24) is 0 Å². The molecule has 3 aromatic rings. The minimum absolute atomic E-state index is 1.08.